The molecule has 0 fully saturated rings. The summed E-state index contributed by atoms with van der Waals surface area (Å²) in [5.74, 6) is -0.00732. The molecule has 2 rings (SSSR count). The van der Waals surface area contributed by atoms with E-state index in [4.69, 9.17) is 0 Å². The van der Waals surface area contributed by atoms with Gasteiger partial charge in [-0.3, -0.25) is 9.78 Å². The minimum atomic E-state index is -0.00732. The van der Waals surface area contributed by atoms with Gasteiger partial charge in [-0.2, -0.15) is 0 Å². The summed E-state index contributed by atoms with van der Waals surface area (Å²) in [7, 11) is 3.86. The van der Waals surface area contributed by atoms with Crippen molar-refractivity contribution in [1.82, 2.24) is 9.88 Å². The molecule has 4 heteroatoms. The minimum absolute atomic E-state index is 0.00732. The number of carbonyl (C=O) groups is 1. The van der Waals surface area contributed by atoms with E-state index in [2.05, 4.69) is 16.8 Å². The van der Waals surface area contributed by atoms with E-state index in [0.717, 1.165) is 30.6 Å². The average molecular weight is 311 g/mol. The predicted molar refractivity (Wildman–Crippen MR) is 94.7 cm³/mol. The molecule has 0 bridgehead atoms. The Morgan fingerprint density at radius 1 is 1.13 bits per heavy atom. The zero-order valence-corrected chi connectivity index (χ0v) is 14.2. The zero-order chi connectivity index (χ0) is 16.7. The number of amides is 1. The van der Waals surface area contributed by atoms with Gasteiger partial charge in [0.1, 0.15) is 0 Å². The van der Waals surface area contributed by atoms with E-state index in [1.54, 1.807) is 11.1 Å². The largest absolute Gasteiger partial charge is 0.373 e. The van der Waals surface area contributed by atoms with Crippen molar-refractivity contribution in [2.75, 3.05) is 25.5 Å². The van der Waals surface area contributed by atoms with E-state index in [1.807, 2.05) is 56.7 Å². The normalized spacial score (nSPS) is 10.4. The first-order valence-electron chi connectivity index (χ1n) is 8.07. The summed E-state index contributed by atoms with van der Waals surface area (Å²) in [6.45, 7) is 3.73. The number of benzene rings is 1. The summed E-state index contributed by atoms with van der Waals surface area (Å²) < 4.78 is 0. The number of hydrogen-bond acceptors (Lipinski definition) is 3. The van der Waals surface area contributed by atoms with Gasteiger partial charge in [-0.05, 0) is 18.1 Å². The van der Waals surface area contributed by atoms with Gasteiger partial charge in [-0.25, -0.2) is 0 Å². The summed E-state index contributed by atoms with van der Waals surface area (Å²) in [4.78, 5) is 20.7. The maximum Gasteiger partial charge on any atom is 0.255 e. The molecule has 4 nitrogen and oxygen atoms in total. The molecule has 0 N–H and O–H groups in total. The summed E-state index contributed by atoms with van der Waals surface area (Å²) in [5, 5.41) is 0. The first-order valence-corrected chi connectivity index (χ1v) is 8.07. The average Bonchev–Trinajstić information content (AvgIpc) is 2.60. The Morgan fingerprint density at radius 3 is 2.57 bits per heavy atom. The SMILES string of the molecule is CCCCN(C)c1cncc(C(=O)N(C)Cc2ccccc2)c1. The molecule has 0 aliphatic heterocycles. The van der Waals surface area contributed by atoms with Gasteiger partial charge in [0.2, 0.25) is 0 Å². The van der Waals surface area contributed by atoms with Crippen LogP contribution >= 0.6 is 0 Å². The lowest BCUT2D eigenvalue weighted by molar-refractivity contribution is 0.0784. The van der Waals surface area contributed by atoms with Crippen molar-refractivity contribution in [3.05, 3.63) is 59.9 Å². The van der Waals surface area contributed by atoms with E-state index in [9.17, 15) is 4.79 Å². The van der Waals surface area contributed by atoms with Gasteiger partial charge in [0.25, 0.3) is 5.91 Å². The van der Waals surface area contributed by atoms with Crippen LogP contribution < -0.4 is 4.90 Å². The first-order chi connectivity index (χ1) is 11.1. The molecule has 1 heterocycles. The van der Waals surface area contributed by atoms with Crippen LogP contribution in [-0.4, -0.2) is 36.4 Å². The minimum Gasteiger partial charge on any atom is -0.373 e. The zero-order valence-electron chi connectivity index (χ0n) is 14.2. The molecular formula is C19H25N3O. The predicted octanol–water partition coefficient (Wildman–Crippen LogP) is 3.59. The molecule has 0 spiro atoms. The topological polar surface area (TPSA) is 36.4 Å². The fourth-order valence-electron chi connectivity index (χ4n) is 2.43. The highest BCUT2D eigenvalue weighted by Gasteiger charge is 2.14. The van der Waals surface area contributed by atoms with Crippen LogP contribution in [0.5, 0.6) is 0 Å². The lowest BCUT2D eigenvalue weighted by Gasteiger charge is -2.21. The third-order valence-electron chi connectivity index (χ3n) is 3.87. The maximum absolute atomic E-state index is 12.6. The number of carbonyl (C=O) groups excluding carboxylic acids is 1. The highest BCUT2D eigenvalue weighted by molar-refractivity contribution is 5.94. The van der Waals surface area contributed by atoms with Gasteiger partial charge in [-0.1, -0.05) is 43.7 Å². The Hall–Kier alpha value is -2.36. The molecule has 1 amide bonds. The summed E-state index contributed by atoms with van der Waals surface area (Å²) in [6.07, 6.45) is 5.73. The van der Waals surface area contributed by atoms with Crippen molar-refractivity contribution in [1.29, 1.82) is 0 Å². The molecule has 0 saturated carbocycles. The smallest absolute Gasteiger partial charge is 0.255 e. The van der Waals surface area contributed by atoms with Crippen molar-refractivity contribution in [3.63, 3.8) is 0 Å². The number of hydrogen-bond donors (Lipinski definition) is 0. The van der Waals surface area contributed by atoms with Crippen LogP contribution in [0.2, 0.25) is 0 Å². The van der Waals surface area contributed by atoms with E-state index in [1.165, 1.54) is 0 Å². The number of nitrogens with zero attached hydrogens (tertiary/aromatic N) is 3. The number of unbranched alkanes of at least 4 members (excludes halogenated alkanes) is 1. The molecule has 0 unspecified atom stereocenters. The number of anilines is 1. The Kier molecular flexibility index (Phi) is 6.15. The first kappa shape index (κ1) is 17.0. The van der Waals surface area contributed by atoms with Gasteiger partial charge < -0.3 is 9.80 Å². The van der Waals surface area contributed by atoms with Crippen LogP contribution in [0.3, 0.4) is 0 Å². The molecule has 0 aliphatic carbocycles. The molecule has 122 valence electrons. The summed E-state index contributed by atoms with van der Waals surface area (Å²) in [5.41, 5.74) is 2.73. The molecule has 0 radical (unpaired) electrons. The van der Waals surface area contributed by atoms with E-state index in [-0.39, 0.29) is 5.91 Å². The monoisotopic (exact) mass is 311 g/mol. The Labute approximate surface area is 138 Å². The molecule has 0 saturated heterocycles. The van der Waals surface area contributed by atoms with Crippen molar-refractivity contribution < 1.29 is 4.79 Å². The molecule has 0 atom stereocenters. The van der Waals surface area contributed by atoms with E-state index in [0.29, 0.717) is 12.1 Å². The Balaban J connectivity index is 2.06. The van der Waals surface area contributed by atoms with Crippen LogP contribution in [0.25, 0.3) is 0 Å². The second-order valence-electron chi connectivity index (χ2n) is 5.85. The van der Waals surface area contributed by atoms with Crippen LogP contribution in [0.15, 0.2) is 48.8 Å². The number of rotatable bonds is 7. The molecule has 2 aromatic rings. The van der Waals surface area contributed by atoms with E-state index < -0.39 is 0 Å². The summed E-state index contributed by atoms with van der Waals surface area (Å²) >= 11 is 0. The number of pyridine rings is 1. The quantitative estimate of drug-likeness (QED) is 0.784. The van der Waals surface area contributed by atoms with E-state index >= 15 is 0 Å². The highest BCUT2D eigenvalue weighted by Crippen LogP contribution is 2.15. The van der Waals surface area contributed by atoms with Crippen molar-refractivity contribution in [2.24, 2.45) is 0 Å². The van der Waals surface area contributed by atoms with Crippen molar-refractivity contribution in [2.45, 2.75) is 26.3 Å². The third-order valence-corrected chi connectivity index (χ3v) is 3.87. The fourth-order valence-corrected chi connectivity index (χ4v) is 2.43. The molecule has 0 aliphatic rings. The summed E-state index contributed by atoms with van der Waals surface area (Å²) in [6, 6.07) is 11.9. The number of aromatic nitrogens is 1. The lowest BCUT2D eigenvalue weighted by atomic mass is 10.2. The van der Waals surface area contributed by atoms with Gasteiger partial charge >= 0.3 is 0 Å². The van der Waals surface area contributed by atoms with Gasteiger partial charge in [0.05, 0.1) is 17.4 Å². The Bertz CT molecular complexity index is 628. The standard InChI is InChI=1S/C19H25N3O/c1-4-5-11-21(2)18-12-17(13-20-14-18)19(23)22(3)15-16-9-7-6-8-10-16/h6-10,12-14H,4-5,11,15H2,1-3H3. The molecule has 1 aromatic carbocycles. The Morgan fingerprint density at radius 2 is 1.87 bits per heavy atom. The molecule has 1 aromatic heterocycles. The third kappa shape index (κ3) is 4.81. The molecular weight excluding hydrogens is 286 g/mol. The second-order valence-corrected chi connectivity index (χ2v) is 5.85. The molecule has 23 heavy (non-hydrogen) atoms. The van der Waals surface area contributed by atoms with Crippen molar-refractivity contribution in [3.8, 4) is 0 Å². The maximum atomic E-state index is 12.6. The van der Waals surface area contributed by atoms with Gasteiger partial charge in [-0.15, -0.1) is 0 Å². The van der Waals surface area contributed by atoms with Crippen molar-refractivity contribution >= 4 is 11.6 Å². The van der Waals surface area contributed by atoms with Gasteiger partial charge in [0.15, 0.2) is 0 Å². The van der Waals surface area contributed by atoms with Gasteiger partial charge in [0, 0.05) is 33.4 Å². The highest BCUT2D eigenvalue weighted by atomic mass is 16.2. The van der Waals surface area contributed by atoms with Crippen LogP contribution in [0, 0.1) is 0 Å². The van der Waals surface area contributed by atoms with Crippen LogP contribution in [-0.2, 0) is 6.54 Å². The fraction of sp³-hybridized carbons (Fsp3) is 0.368. The van der Waals surface area contributed by atoms with Crippen LogP contribution in [0.4, 0.5) is 5.69 Å². The second kappa shape index (κ2) is 8.32. The lowest BCUT2D eigenvalue weighted by Crippen LogP contribution is -2.27. The van der Waals surface area contributed by atoms with Crippen LogP contribution in [0.1, 0.15) is 35.7 Å².